The second-order valence-electron chi connectivity index (χ2n) is 5.33. The number of ether oxygens (including phenoxy) is 2. The van der Waals surface area contributed by atoms with Gasteiger partial charge in [-0.3, -0.25) is 0 Å². The molecule has 92 valence electrons. The van der Waals surface area contributed by atoms with E-state index in [0.717, 1.165) is 0 Å². The van der Waals surface area contributed by atoms with Crippen LogP contribution in [0.5, 0.6) is 0 Å². The topological polar surface area (TPSA) is 64.6 Å². The zero-order valence-electron chi connectivity index (χ0n) is 10.4. The second kappa shape index (κ2) is 3.96. The molecule has 0 aliphatic carbocycles. The summed E-state index contributed by atoms with van der Waals surface area (Å²) in [5, 5.41) is 2.60. The van der Waals surface area contributed by atoms with Gasteiger partial charge in [-0.15, -0.1) is 0 Å². The van der Waals surface area contributed by atoms with E-state index in [0.29, 0.717) is 0 Å². The Morgan fingerprint density at radius 2 is 2.06 bits per heavy atom. The highest BCUT2D eigenvalue weighted by Crippen LogP contribution is 2.28. The summed E-state index contributed by atoms with van der Waals surface area (Å²) in [6.45, 7) is 9.24. The molecule has 0 bridgehead atoms. The second-order valence-corrected chi connectivity index (χ2v) is 5.33. The van der Waals surface area contributed by atoms with E-state index in [4.69, 9.17) is 9.47 Å². The molecule has 1 amide bonds. The number of amides is 1. The van der Waals surface area contributed by atoms with Crippen molar-refractivity contribution in [3.8, 4) is 0 Å². The lowest BCUT2D eigenvalue weighted by atomic mass is 9.84. The molecule has 1 atom stereocenters. The molecule has 0 unspecified atom stereocenters. The Morgan fingerprint density at radius 1 is 1.50 bits per heavy atom. The maximum atomic E-state index is 11.6. The lowest BCUT2D eigenvalue weighted by molar-refractivity contribution is -0.180. The fraction of sp³-hybridized carbons (Fsp3) is 0.818. The van der Waals surface area contributed by atoms with E-state index in [2.05, 4.69) is 5.32 Å². The highest BCUT2D eigenvalue weighted by atomic mass is 16.6. The Balaban J connectivity index is 2.65. The van der Waals surface area contributed by atoms with Gasteiger partial charge in [0, 0.05) is 0 Å². The van der Waals surface area contributed by atoms with E-state index < -0.39 is 23.2 Å². The van der Waals surface area contributed by atoms with Crippen LogP contribution in [0.2, 0.25) is 0 Å². The van der Waals surface area contributed by atoms with Crippen LogP contribution >= 0.6 is 0 Å². The summed E-state index contributed by atoms with van der Waals surface area (Å²) in [7, 11) is 0. The summed E-state index contributed by atoms with van der Waals surface area (Å²) in [5.74, 6) is -0.422. The number of cyclic esters (lactones) is 1. The van der Waals surface area contributed by atoms with Gasteiger partial charge >= 0.3 is 12.1 Å². The molecule has 16 heavy (non-hydrogen) atoms. The van der Waals surface area contributed by atoms with E-state index in [-0.39, 0.29) is 12.5 Å². The van der Waals surface area contributed by atoms with Crippen LogP contribution < -0.4 is 5.32 Å². The largest absolute Gasteiger partial charge is 0.461 e. The maximum Gasteiger partial charge on any atom is 0.408 e. The van der Waals surface area contributed by atoms with Crippen molar-refractivity contribution in [3.63, 3.8) is 0 Å². The summed E-state index contributed by atoms with van der Waals surface area (Å²) in [6.07, 6.45) is -0.585. The van der Waals surface area contributed by atoms with Gasteiger partial charge in [0.25, 0.3) is 0 Å². The number of carbonyl (C=O) groups excluding carboxylic acids is 2. The predicted octanol–water partition coefficient (Wildman–Crippen LogP) is 1.46. The molecule has 5 nitrogen and oxygen atoms in total. The smallest absolute Gasteiger partial charge is 0.408 e. The Kier molecular flexibility index (Phi) is 3.17. The van der Waals surface area contributed by atoms with Crippen molar-refractivity contribution < 1.29 is 19.1 Å². The predicted molar refractivity (Wildman–Crippen MR) is 57.9 cm³/mol. The van der Waals surface area contributed by atoms with Gasteiger partial charge in [0.1, 0.15) is 12.2 Å². The van der Waals surface area contributed by atoms with E-state index >= 15 is 0 Å². The summed E-state index contributed by atoms with van der Waals surface area (Å²) < 4.78 is 9.84. The standard InChI is InChI=1S/C11H19NO4/c1-7(2)11(6-15-8(11)13)12-9(14)16-10(3,4)5/h7H,6H2,1-5H3,(H,12,14)/t11-/m0/s1. The van der Waals surface area contributed by atoms with Crippen LogP contribution in [0.4, 0.5) is 4.79 Å². The molecular weight excluding hydrogens is 210 g/mol. The normalized spacial score (nSPS) is 24.8. The Bertz CT molecular complexity index is 306. The first-order valence-corrected chi connectivity index (χ1v) is 5.36. The molecule has 1 rings (SSSR count). The first-order valence-electron chi connectivity index (χ1n) is 5.36. The molecule has 1 aliphatic heterocycles. The first kappa shape index (κ1) is 12.8. The molecule has 0 aromatic heterocycles. The third-order valence-corrected chi connectivity index (χ3v) is 2.50. The molecule has 1 N–H and O–H groups in total. The molecule has 1 fully saturated rings. The molecule has 1 saturated heterocycles. The number of nitrogens with one attached hydrogen (secondary N) is 1. The van der Waals surface area contributed by atoms with E-state index in [1.807, 2.05) is 13.8 Å². The minimum atomic E-state index is -0.914. The third-order valence-electron chi connectivity index (χ3n) is 2.50. The highest BCUT2D eigenvalue weighted by Gasteiger charge is 2.53. The molecule has 0 spiro atoms. The maximum absolute atomic E-state index is 11.6. The Hall–Kier alpha value is -1.26. The van der Waals surface area contributed by atoms with Crippen LogP contribution in [0.1, 0.15) is 34.6 Å². The lowest BCUT2D eigenvalue weighted by Gasteiger charge is -2.42. The number of alkyl carbamates (subject to hydrolysis) is 1. The summed E-state index contributed by atoms with van der Waals surface area (Å²) >= 11 is 0. The summed E-state index contributed by atoms with van der Waals surface area (Å²) in [6, 6.07) is 0. The fourth-order valence-corrected chi connectivity index (χ4v) is 1.41. The number of hydrogen-bond acceptors (Lipinski definition) is 4. The SMILES string of the molecule is CC(C)[C@@]1(NC(=O)OC(C)(C)C)COC1=O. The number of carbonyl (C=O) groups is 2. The van der Waals surface area contributed by atoms with Crippen molar-refractivity contribution in [1.82, 2.24) is 5.32 Å². The van der Waals surface area contributed by atoms with E-state index in [1.54, 1.807) is 20.8 Å². The Morgan fingerprint density at radius 3 is 2.31 bits per heavy atom. The van der Waals surface area contributed by atoms with Crippen molar-refractivity contribution >= 4 is 12.1 Å². The minimum Gasteiger partial charge on any atom is -0.461 e. The van der Waals surface area contributed by atoms with Crippen LogP contribution in [-0.4, -0.2) is 29.8 Å². The number of rotatable bonds is 2. The molecular formula is C11H19NO4. The first-order chi connectivity index (χ1) is 7.17. The molecule has 1 aliphatic rings. The fourth-order valence-electron chi connectivity index (χ4n) is 1.41. The average molecular weight is 229 g/mol. The van der Waals surface area contributed by atoms with Crippen molar-refractivity contribution in [2.45, 2.75) is 45.8 Å². The zero-order valence-corrected chi connectivity index (χ0v) is 10.4. The Labute approximate surface area is 95.5 Å². The van der Waals surface area contributed by atoms with Gasteiger partial charge < -0.3 is 14.8 Å². The van der Waals surface area contributed by atoms with Gasteiger partial charge in [0.2, 0.25) is 0 Å². The van der Waals surface area contributed by atoms with Crippen molar-refractivity contribution in [2.24, 2.45) is 5.92 Å². The molecule has 0 saturated carbocycles. The van der Waals surface area contributed by atoms with Gasteiger partial charge in [0.05, 0.1) is 0 Å². The van der Waals surface area contributed by atoms with Crippen LogP contribution in [-0.2, 0) is 14.3 Å². The monoisotopic (exact) mass is 229 g/mol. The quantitative estimate of drug-likeness (QED) is 0.728. The van der Waals surface area contributed by atoms with Gasteiger partial charge in [-0.2, -0.15) is 0 Å². The zero-order chi connectivity index (χ0) is 12.6. The number of hydrogen-bond donors (Lipinski definition) is 1. The molecule has 5 heteroatoms. The van der Waals surface area contributed by atoms with Gasteiger partial charge in [-0.1, -0.05) is 13.8 Å². The van der Waals surface area contributed by atoms with Crippen LogP contribution in [0.25, 0.3) is 0 Å². The third kappa shape index (κ3) is 2.46. The van der Waals surface area contributed by atoms with Crippen molar-refractivity contribution in [3.05, 3.63) is 0 Å². The lowest BCUT2D eigenvalue weighted by Crippen LogP contribution is -2.69. The van der Waals surface area contributed by atoms with Gasteiger partial charge in [0.15, 0.2) is 5.54 Å². The summed E-state index contributed by atoms with van der Waals surface area (Å²) in [4.78, 5) is 23.0. The minimum absolute atomic E-state index is 0.0266. The number of esters is 1. The molecule has 0 radical (unpaired) electrons. The van der Waals surface area contributed by atoms with E-state index in [1.165, 1.54) is 0 Å². The highest BCUT2D eigenvalue weighted by molar-refractivity contribution is 5.90. The van der Waals surface area contributed by atoms with Gasteiger partial charge in [-0.25, -0.2) is 9.59 Å². The van der Waals surface area contributed by atoms with Crippen LogP contribution in [0, 0.1) is 5.92 Å². The van der Waals surface area contributed by atoms with Crippen LogP contribution in [0.15, 0.2) is 0 Å². The van der Waals surface area contributed by atoms with Crippen molar-refractivity contribution in [2.75, 3.05) is 6.61 Å². The molecule has 0 aromatic carbocycles. The average Bonchev–Trinajstić information content (AvgIpc) is 2.08. The summed E-state index contributed by atoms with van der Waals surface area (Å²) in [5.41, 5.74) is -1.49. The molecule has 0 aromatic rings. The van der Waals surface area contributed by atoms with Crippen LogP contribution in [0.3, 0.4) is 0 Å². The van der Waals surface area contributed by atoms with E-state index in [9.17, 15) is 9.59 Å². The molecule has 1 heterocycles. The van der Waals surface area contributed by atoms with Gasteiger partial charge in [-0.05, 0) is 26.7 Å². The van der Waals surface area contributed by atoms with Crippen molar-refractivity contribution in [1.29, 1.82) is 0 Å².